The Hall–Kier alpha value is -1.33. The zero-order chi connectivity index (χ0) is 12.3. The van der Waals surface area contributed by atoms with E-state index in [0.29, 0.717) is 12.3 Å². The van der Waals surface area contributed by atoms with Gasteiger partial charge in [0.15, 0.2) is 0 Å². The second kappa shape index (κ2) is 4.89. The Kier molecular flexibility index (Phi) is 3.49. The van der Waals surface area contributed by atoms with E-state index in [1.807, 2.05) is 0 Å². The van der Waals surface area contributed by atoms with Gasteiger partial charge in [0, 0.05) is 5.54 Å². The Labute approximate surface area is 99.4 Å². The van der Waals surface area contributed by atoms with E-state index in [0.717, 1.165) is 25.7 Å². The molecule has 0 saturated heterocycles. The number of carboxylic acids is 1. The summed E-state index contributed by atoms with van der Waals surface area (Å²) in [6, 6.07) is 1.51. The molecule has 0 atom stereocenters. The molecule has 0 bridgehead atoms. The first kappa shape index (κ1) is 12.1. The average molecular weight is 239 g/mol. The molecule has 1 heterocycles. The second-order valence-electron chi connectivity index (χ2n) is 4.61. The fourth-order valence-electron chi connectivity index (χ4n) is 2.30. The van der Waals surface area contributed by atoms with Gasteiger partial charge in [0.25, 0.3) is 0 Å². The minimum Gasteiger partial charge on any atom is -0.478 e. The SMILES string of the molecule is O=C(O)c1coc(CNC2(CO)CCCC2)c1. The van der Waals surface area contributed by atoms with Crippen molar-refractivity contribution in [1.82, 2.24) is 5.32 Å². The lowest BCUT2D eigenvalue weighted by atomic mass is 9.99. The van der Waals surface area contributed by atoms with Crippen LogP contribution in [-0.4, -0.2) is 28.3 Å². The molecule has 5 nitrogen and oxygen atoms in total. The van der Waals surface area contributed by atoms with Crippen molar-refractivity contribution in [2.45, 2.75) is 37.8 Å². The Bertz CT molecular complexity index is 393. The van der Waals surface area contributed by atoms with E-state index < -0.39 is 5.97 Å². The van der Waals surface area contributed by atoms with Gasteiger partial charge in [-0.25, -0.2) is 4.79 Å². The highest BCUT2D eigenvalue weighted by molar-refractivity contribution is 5.87. The molecular formula is C12H17NO4. The zero-order valence-corrected chi connectivity index (χ0v) is 9.61. The maximum atomic E-state index is 10.7. The minimum atomic E-state index is -0.988. The predicted octanol–water partition coefficient (Wildman–Crippen LogP) is 1.37. The predicted molar refractivity (Wildman–Crippen MR) is 60.8 cm³/mol. The van der Waals surface area contributed by atoms with Gasteiger partial charge in [-0.05, 0) is 18.9 Å². The molecule has 2 rings (SSSR count). The molecule has 1 aromatic heterocycles. The van der Waals surface area contributed by atoms with Gasteiger partial charge in [0.2, 0.25) is 0 Å². The average Bonchev–Trinajstić information content (AvgIpc) is 2.96. The highest BCUT2D eigenvalue weighted by Gasteiger charge is 2.32. The highest BCUT2D eigenvalue weighted by Crippen LogP contribution is 2.29. The van der Waals surface area contributed by atoms with E-state index in [1.54, 1.807) is 0 Å². The Morgan fingerprint density at radius 2 is 2.18 bits per heavy atom. The van der Waals surface area contributed by atoms with Crippen molar-refractivity contribution in [3.8, 4) is 0 Å². The maximum absolute atomic E-state index is 10.7. The van der Waals surface area contributed by atoms with Crippen LogP contribution in [0.4, 0.5) is 0 Å². The molecule has 1 aromatic rings. The standard InChI is InChI=1S/C12H17NO4/c14-8-12(3-1-2-4-12)13-6-10-5-9(7-17-10)11(15)16/h5,7,13-14H,1-4,6,8H2,(H,15,16). The van der Waals surface area contributed by atoms with Crippen LogP contribution in [0.25, 0.3) is 0 Å². The van der Waals surface area contributed by atoms with Crippen LogP contribution in [0.1, 0.15) is 41.8 Å². The van der Waals surface area contributed by atoms with Crippen molar-refractivity contribution in [1.29, 1.82) is 0 Å². The minimum absolute atomic E-state index is 0.111. The normalized spacial score (nSPS) is 18.4. The summed E-state index contributed by atoms with van der Waals surface area (Å²) in [5, 5.41) is 21.4. The molecule has 0 radical (unpaired) electrons. The molecule has 1 aliphatic rings. The number of aromatic carboxylic acids is 1. The fourth-order valence-corrected chi connectivity index (χ4v) is 2.30. The third-order valence-electron chi connectivity index (χ3n) is 3.40. The van der Waals surface area contributed by atoms with E-state index in [2.05, 4.69) is 5.32 Å². The largest absolute Gasteiger partial charge is 0.478 e. The van der Waals surface area contributed by atoms with Crippen molar-refractivity contribution in [3.05, 3.63) is 23.7 Å². The number of carboxylic acid groups (broad SMARTS) is 1. The number of aliphatic hydroxyl groups is 1. The lowest BCUT2D eigenvalue weighted by Gasteiger charge is -2.27. The van der Waals surface area contributed by atoms with Crippen LogP contribution in [0.2, 0.25) is 0 Å². The van der Waals surface area contributed by atoms with Crippen LogP contribution in [0.3, 0.4) is 0 Å². The Morgan fingerprint density at radius 3 is 2.71 bits per heavy atom. The summed E-state index contributed by atoms with van der Waals surface area (Å²) in [4.78, 5) is 10.7. The lowest BCUT2D eigenvalue weighted by molar-refractivity contribution is 0.0696. The molecule has 1 saturated carbocycles. The summed E-state index contributed by atoms with van der Waals surface area (Å²) < 4.78 is 5.15. The van der Waals surface area contributed by atoms with Crippen LogP contribution >= 0.6 is 0 Å². The van der Waals surface area contributed by atoms with Gasteiger partial charge >= 0.3 is 5.97 Å². The summed E-state index contributed by atoms with van der Waals surface area (Å²) in [5.41, 5.74) is -0.0535. The van der Waals surface area contributed by atoms with Crippen LogP contribution in [0.5, 0.6) is 0 Å². The molecule has 5 heteroatoms. The van der Waals surface area contributed by atoms with Crippen LogP contribution in [-0.2, 0) is 6.54 Å². The summed E-state index contributed by atoms with van der Waals surface area (Å²) in [7, 11) is 0. The molecular weight excluding hydrogens is 222 g/mol. The van der Waals surface area contributed by atoms with Crippen molar-refractivity contribution in [2.75, 3.05) is 6.61 Å². The van der Waals surface area contributed by atoms with E-state index in [-0.39, 0.29) is 17.7 Å². The van der Waals surface area contributed by atoms with Gasteiger partial charge in [-0.15, -0.1) is 0 Å². The smallest absolute Gasteiger partial charge is 0.338 e. The van der Waals surface area contributed by atoms with Crippen molar-refractivity contribution >= 4 is 5.97 Å². The third kappa shape index (κ3) is 2.68. The topological polar surface area (TPSA) is 82.7 Å². The third-order valence-corrected chi connectivity index (χ3v) is 3.40. The summed E-state index contributed by atoms with van der Waals surface area (Å²) in [6.07, 6.45) is 5.38. The number of furan rings is 1. The summed E-state index contributed by atoms with van der Waals surface area (Å²) in [5.74, 6) is -0.403. The fraction of sp³-hybridized carbons (Fsp3) is 0.583. The molecule has 1 fully saturated rings. The molecule has 0 aromatic carbocycles. The first-order valence-corrected chi connectivity index (χ1v) is 5.82. The monoisotopic (exact) mass is 239 g/mol. The Balaban J connectivity index is 1.94. The maximum Gasteiger partial charge on any atom is 0.338 e. The molecule has 0 aliphatic heterocycles. The quantitative estimate of drug-likeness (QED) is 0.723. The van der Waals surface area contributed by atoms with E-state index >= 15 is 0 Å². The van der Waals surface area contributed by atoms with E-state index in [4.69, 9.17) is 9.52 Å². The molecule has 0 amide bonds. The van der Waals surface area contributed by atoms with Crippen molar-refractivity contribution < 1.29 is 19.4 Å². The van der Waals surface area contributed by atoms with Gasteiger partial charge in [0.1, 0.15) is 12.0 Å². The molecule has 94 valence electrons. The van der Waals surface area contributed by atoms with E-state index in [9.17, 15) is 9.90 Å². The van der Waals surface area contributed by atoms with Crippen LogP contribution in [0, 0.1) is 0 Å². The van der Waals surface area contributed by atoms with Gasteiger partial charge < -0.3 is 19.9 Å². The number of carbonyl (C=O) groups is 1. The number of rotatable bonds is 5. The molecule has 3 N–H and O–H groups in total. The first-order valence-electron chi connectivity index (χ1n) is 5.82. The first-order chi connectivity index (χ1) is 8.15. The number of hydrogen-bond donors (Lipinski definition) is 3. The summed E-state index contributed by atoms with van der Waals surface area (Å²) in [6.45, 7) is 0.563. The number of aliphatic hydroxyl groups excluding tert-OH is 1. The molecule has 17 heavy (non-hydrogen) atoms. The second-order valence-corrected chi connectivity index (χ2v) is 4.61. The molecule has 1 aliphatic carbocycles. The summed E-state index contributed by atoms with van der Waals surface area (Å²) >= 11 is 0. The van der Waals surface area contributed by atoms with Crippen molar-refractivity contribution in [3.63, 3.8) is 0 Å². The zero-order valence-electron chi connectivity index (χ0n) is 9.61. The number of hydrogen-bond acceptors (Lipinski definition) is 4. The molecule has 0 spiro atoms. The van der Waals surface area contributed by atoms with Gasteiger partial charge in [0.05, 0.1) is 18.7 Å². The van der Waals surface area contributed by atoms with Crippen LogP contribution < -0.4 is 5.32 Å². The number of nitrogens with one attached hydrogen (secondary N) is 1. The van der Waals surface area contributed by atoms with Gasteiger partial charge in [-0.1, -0.05) is 12.8 Å². The van der Waals surface area contributed by atoms with Crippen molar-refractivity contribution in [2.24, 2.45) is 0 Å². The lowest BCUT2D eigenvalue weighted by Crippen LogP contribution is -2.45. The van der Waals surface area contributed by atoms with E-state index in [1.165, 1.54) is 12.3 Å². The van der Waals surface area contributed by atoms with Crippen LogP contribution in [0.15, 0.2) is 16.7 Å². The highest BCUT2D eigenvalue weighted by atomic mass is 16.4. The van der Waals surface area contributed by atoms with Gasteiger partial charge in [-0.2, -0.15) is 0 Å². The van der Waals surface area contributed by atoms with Gasteiger partial charge in [-0.3, -0.25) is 0 Å². The Morgan fingerprint density at radius 1 is 1.47 bits per heavy atom. The molecule has 0 unspecified atom stereocenters.